The van der Waals surface area contributed by atoms with Gasteiger partial charge in [0.25, 0.3) is 0 Å². The molecule has 3 rings (SSSR count). The fourth-order valence-corrected chi connectivity index (χ4v) is 5.19. The lowest BCUT2D eigenvalue weighted by Crippen LogP contribution is -2.21. The maximum absolute atomic E-state index is 11.2. The van der Waals surface area contributed by atoms with E-state index in [0.717, 1.165) is 11.1 Å². The molecule has 29 heavy (non-hydrogen) atoms. The van der Waals surface area contributed by atoms with Crippen molar-refractivity contribution in [2.75, 3.05) is 0 Å². The monoisotopic (exact) mass is 394 g/mol. The van der Waals surface area contributed by atoms with E-state index in [2.05, 4.69) is 66.7 Å². The first-order chi connectivity index (χ1) is 13.4. The molecule has 0 radical (unpaired) electrons. The minimum absolute atomic E-state index is 0.0875. The molecule has 1 aliphatic rings. The van der Waals surface area contributed by atoms with Gasteiger partial charge in [-0.25, -0.2) is 0 Å². The molecule has 0 unspecified atom stereocenters. The second-order valence-electron chi connectivity index (χ2n) is 11.0. The number of phenols is 2. The van der Waals surface area contributed by atoms with Crippen LogP contribution in [0.5, 0.6) is 11.5 Å². The molecule has 2 aromatic carbocycles. The highest BCUT2D eigenvalue weighted by Gasteiger charge is 2.32. The van der Waals surface area contributed by atoms with Gasteiger partial charge in [-0.15, -0.1) is 0 Å². The summed E-state index contributed by atoms with van der Waals surface area (Å²) in [4.78, 5) is 0. The zero-order valence-corrected chi connectivity index (χ0v) is 19.3. The van der Waals surface area contributed by atoms with Gasteiger partial charge < -0.3 is 10.2 Å². The Morgan fingerprint density at radius 3 is 1.76 bits per heavy atom. The van der Waals surface area contributed by atoms with Crippen molar-refractivity contribution in [2.45, 2.75) is 96.8 Å². The largest absolute Gasteiger partial charge is 0.508 e. The standard InChI is InChI=1S/C27H38O2/c1-17-22(16-23(26(2,3)4)25(29)24(17)27(5,6)7)20-10-8-18(9-11-20)19-12-14-21(28)15-13-19/h12-16,18,20,28-29H,8-11H2,1-7H3. The molecule has 0 amide bonds. The van der Waals surface area contributed by atoms with Crippen molar-refractivity contribution >= 4 is 0 Å². The summed E-state index contributed by atoms with van der Waals surface area (Å²) in [6.07, 6.45) is 4.69. The number of hydrogen-bond donors (Lipinski definition) is 2. The summed E-state index contributed by atoms with van der Waals surface area (Å²) in [5, 5.41) is 20.7. The number of aromatic hydroxyl groups is 2. The van der Waals surface area contributed by atoms with E-state index in [4.69, 9.17) is 0 Å². The van der Waals surface area contributed by atoms with Gasteiger partial charge in [-0.05, 0) is 89.7 Å². The van der Waals surface area contributed by atoms with E-state index >= 15 is 0 Å². The Kier molecular flexibility index (Phi) is 5.77. The molecular formula is C27H38O2. The number of phenolic OH excluding ortho intramolecular Hbond substituents is 2. The van der Waals surface area contributed by atoms with E-state index in [1.165, 1.54) is 42.4 Å². The Labute approximate surface area is 177 Å². The Bertz CT molecular complexity index is 855. The van der Waals surface area contributed by atoms with Crippen LogP contribution in [0.3, 0.4) is 0 Å². The zero-order chi connectivity index (χ0) is 21.6. The van der Waals surface area contributed by atoms with Crippen LogP contribution < -0.4 is 0 Å². The predicted octanol–water partition coefficient (Wildman–Crippen LogP) is 7.44. The van der Waals surface area contributed by atoms with Crippen LogP contribution in [0.1, 0.15) is 107 Å². The highest BCUT2D eigenvalue weighted by molar-refractivity contribution is 5.55. The molecule has 2 aromatic rings. The van der Waals surface area contributed by atoms with Crippen LogP contribution >= 0.6 is 0 Å². The maximum atomic E-state index is 11.2. The lowest BCUT2D eigenvalue weighted by Gasteiger charge is -2.35. The minimum atomic E-state index is -0.0899. The minimum Gasteiger partial charge on any atom is -0.508 e. The molecule has 158 valence electrons. The van der Waals surface area contributed by atoms with Crippen LogP contribution in [0.15, 0.2) is 30.3 Å². The lowest BCUT2D eigenvalue weighted by molar-refractivity contribution is 0.389. The zero-order valence-electron chi connectivity index (χ0n) is 19.3. The van der Waals surface area contributed by atoms with Crippen molar-refractivity contribution in [3.63, 3.8) is 0 Å². The molecule has 2 N–H and O–H groups in total. The van der Waals surface area contributed by atoms with Crippen LogP contribution in [-0.2, 0) is 10.8 Å². The first-order valence-electron chi connectivity index (χ1n) is 11.1. The molecule has 2 nitrogen and oxygen atoms in total. The Hall–Kier alpha value is -1.96. The average Bonchev–Trinajstić information content (AvgIpc) is 2.60. The number of hydrogen-bond acceptors (Lipinski definition) is 2. The third-order valence-electron chi connectivity index (χ3n) is 6.69. The average molecular weight is 395 g/mol. The van der Waals surface area contributed by atoms with E-state index in [9.17, 15) is 10.2 Å². The summed E-state index contributed by atoms with van der Waals surface area (Å²) in [7, 11) is 0. The fourth-order valence-electron chi connectivity index (χ4n) is 5.19. The van der Waals surface area contributed by atoms with Crippen molar-refractivity contribution in [2.24, 2.45) is 0 Å². The van der Waals surface area contributed by atoms with Gasteiger partial charge in [-0.1, -0.05) is 59.7 Å². The summed E-state index contributed by atoms with van der Waals surface area (Å²) in [5.74, 6) is 1.95. The first-order valence-corrected chi connectivity index (χ1v) is 11.1. The van der Waals surface area contributed by atoms with Crippen molar-refractivity contribution in [1.29, 1.82) is 0 Å². The molecule has 1 aliphatic carbocycles. The predicted molar refractivity (Wildman–Crippen MR) is 122 cm³/mol. The maximum Gasteiger partial charge on any atom is 0.123 e. The first kappa shape index (κ1) is 21.7. The van der Waals surface area contributed by atoms with E-state index in [-0.39, 0.29) is 10.8 Å². The van der Waals surface area contributed by atoms with Gasteiger partial charge in [0.2, 0.25) is 0 Å². The summed E-state index contributed by atoms with van der Waals surface area (Å²) in [5.41, 5.74) is 6.06. The highest BCUT2D eigenvalue weighted by atomic mass is 16.3. The Morgan fingerprint density at radius 1 is 0.759 bits per heavy atom. The third-order valence-corrected chi connectivity index (χ3v) is 6.69. The smallest absolute Gasteiger partial charge is 0.123 e. The normalized spacial score (nSPS) is 20.7. The topological polar surface area (TPSA) is 40.5 Å². The van der Waals surface area contributed by atoms with Gasteiger partial charge in [0.05, 0.1) is 0 Å². The molecule has 0 aliphatic heterocycles. The van der Waals surface area contributed by atoms with Crippen LogP contribution in [0.2, 0.25) is 0 Å². The summed E-state index contributed by atoms with van der Waals surface area (Å²) in [6.45, 7) is 15.4. The van der Waals surface area contributed by atoms with E-state index in [1.54, 1.807) is 12.1 Å². The molecule has 0 spiro atoms. The van der Waals surface area contributed by atoms with Gasteiger partial charge in [0.1, 0.15) is 11.5 Å². The van der Waals surface area contributed by atoms with E-state index in [0.29, 0.717) is 23.3 Å². The fraction of sp³-hybridized carbons (Fsp3) is 0.556. The van der Waals surface area contributed by atoms with Gasteiger partial charge in [-0.3, -0.25) is 0 Å². The molecule has 1 fully saturated rings. The van der Waals surface area contributed by atoms with Crippen molar-refractivity contribution < 1.29 is 10.2 Å². The van der Waals surface area contributed by atoms with Gasteiger partial charge >= 0.3 is 0 Å². The summed E-state index contributed by atoms with van der Waals surface area (Å²) >= 11 is 0. The highest BCUT2D eigenvalue weighted by Crippen LogP contribution is 2.47. The molecule has 1 saturated carbocycles. The number of rotatable bonds is 2. The quantitative estimate of drug-likeness (QED) is 0.555. The van der Waals surface area contributed by atoms with Crippen molar-refractivity contribution in [3.8, 4) is 11.5 Å². The SMILES string of the molecule is Cc1c(C2CCC(c3ccc(O)cc3)CC2)cc(C(C)(C)C)c(O)c1C(C)(C)C. The van der Waals surface area contributed by atoms with Crippen LogP contribution in [-0.4, -0.2) is 10.2 Å². The summed E-state index contributed by atoms with van der Waals surface area (Å²) in [6, 6.07) is 10.0. The molecular weight excluding hydrogens is 356 g/mol. The second-order valence-corrected chi connectivity index (χ2v) is 11.0. The Morgan fingerprint density at radius 2 is 1.28 bits per heavy atom. The number of benzene rings is 2. The molecule has 2 heteroatoms. The van der Waals surface area contributed by atoms with Gasteiger partial charge in [-0.2, -0.15) is 0 Å². The summed E-state index contributed by atoms with van der Waals surface area (Å²) < 4.78 is 0. The molecule has 0 aromatic heterocycles. The lowest BCUT2D eigenvalue weighted by atomic mass is 9.70. The second kappa shape index (κ2) is 7.70. The van der Waals surface area contributed by atoms with Crippen molar-refractivity contribution in [3.05, 3.63) is 58.1 Å². The molecule has 0 atom stereocenters. The van der Waals surface area contributed by atoms with Gasteiger partial charge in [0, 0.05) is 5.56 Å². The third kappa shape index (κ3) is 4.47. The van der Waals surface area contributed by atoms with E-state index in [1.807, 2.05) is 0 Å². The van der Waals surface area contributed by atoms with Crippen molar-refractivity contribution in [1.82, 2.24) is 0 Å². The van der Waals surface area contributed by atoms with Crippen LogP contribution in [0.25, 0.3) is 0 Å². The molecule has 0 saturated heterocycles. The molecule has 0 heterocycles. The molecule has 0 bridgehead atoms. The van der Waals surface area contributed by atoms with E-state index < -0.39 is 0 Å². The van der Waals surface area contributed by atoms with Crippen LogP contribution in [0.4, 0.5) is 0 Å². The Balaban J connectivity index is 1.94. The van der Waals surface area contributed by atoms with Crippen LogP contribution in [0, 0.1) is 6.92 Å². The van der Waals surface area contributed by atoms with Gasteiger partial charge in [0.15, 0.2) is 0 Å².